The summed E-state index contributed by atoms with van der Waals surface area (Å²) in [6.45, 7) is 4.57. The molecule has 20 heteroatoms. The lowest BCUT2D eigenvalue weighted by Crippen LogP contribution is -2.31. The number of rotatable bonds is 18. The number of amides is 4. The van der Waals surface area contributed by atoms with Gasteiger partial charge in [0.15, 0.2) is 5.78 Å². The van der Waals surface area contributed by atoms with E-state index in [4.69, 9.17) is 9.29 Å². The van der Waals surface area contributed by atoms with Gasteiger partial charge in [-0.25, -0.2) is 9.59 Å². The van der Waals surface area contributed by atoms with Crippen LogP contribution >= 0.6 is 0 Å². The molecule has 0 saturated carbocycles. The summed E-state index contributed by atoms with van der Waals surface area (Å²) >= 11 is 0. The van der Waals surface area contributed by atoms with Crippen molar-refractivity contribution in [1.29, 1.82) is 0 Å². The van der Waals surface area contributed by atoms with Crippen molar-refractivity contribution in [2.75, 3.05) is 36.1 Å². The maximum Gasteiger partial charge on any atom is 0.338 e. The van der Waals surface area contributed by atoms with Crippen LogP contribution in [-0.2, 0) is 29.2 Å². The first-order chi connectivity index (χ1) is 26.1. The molecule has 0 radical (unpaired) electrons. The van der Waals surface area contributed by atoms with Crippen molar-refractivity contribution < 1.29 is 46.5 Å². The largest absolute Gasteiger partial charge is 0.462 e. The Morgan fingerprint density at radius 2 is 1.53 bits per heavy atom. The highest BCUT2D eigenvalue weighted by molar-refractivity contribution is 7.85. The van der Waals surface area contributed by atoms with E-state index in [1.807, 2.05) is 0 Å². The van der Waals surface area contributed by atoms with Crippen molar-refractivity contribution in [2.24, 2.45) is 10.2 Å². The number of imidazole rings is 1. The van der Waals surface area contributed by atoms with Crippen LogP contribution in [0, 0.1) is 0 Å². The molecule has 0 spiro atoms. The maximum atomic E-state index is 13.2. The van der Waals surface area contributed by atoms with Gasteiger partial charge in [-0.3, -0.25) is 28.5 Å². The zero-order valence-corrected chi connectivity index (χ0v) is 30.0. The number of nitrogens with zero attached hydrogens (tertiary/aromatic N) is 2. The second-order valence-corrected chi connectivity index (χ2v) is 13.3. The molecule has 1 atom stereocenters. The van der Waals surface area contributed by atoms with Gasteiger partial charge in [0, 0.05) is 35.6 Å². The Kier molecular flexibility index (Phi) is 14.0. The molecule has 0 aliphatic rings. The number of hydrogen-bond acceptors (Lipinski definition) is 12. The summed E-state index contributed by atoms with van der Waals surface area (Å²) in [6, 6.07) is 12.5. The maximum absolute atomic E-state index is 13.2. The second-order valence-electron chi connectivity index (χ2n) is 11.7. The van der Waals surface area contributed by atoms with Crippen LogP contribution in [0.15, 0.2) is 88.3 Å². The van der Waals surface area contributed by atoms with Crippen molar-refractivity contribution in [2.45, 2.75) is 25.8 Å². The topological polar surface area (TPSA) is 288 Å². The van der Waals surface area contributed by atoms with E-state index in [1.54, 1.807) is 6.07 Å². The van der Waals surface area contributed by atoms with Gasteiger partial charge in [-0.15, -0.1) is 0 Å². The van der Waals surface area contributed by atoms with E-state index in [0.29, 0.717) is 23.1 Å². The lowest BCUT2D eigenvalue weighted by molar-refractivity contribution is -0.126. The highest BCUT2D eigenvalue weighted by Gasteiger charge is 2.23. The predicted octanol–water partition coefficient (Wildman–Crippen LogP) is 2.65. The third kappa shape index (κ3) is 12.7. The second kappa shape index (κ2) is 18.8. The van der Waals surface area contributed by atoms with Crippen LogP contribution in [0.25, 0.3) is 11.0 Å². The summed E-state index contributed by atoms with van der Waals surface area (Å²) in [6.07, 6.45) is 1.29. The summed E-state index contributed by atoms with van der Waals surface area (Å²) < 4.78 is 36.0. The van der Waals surface area contributed by atoms with Gasteiger partial charge in [0.1, 0.15) is 0 Å². The first-order valence-corrected chi connectivity index (χ1v) is 18.0. The number of nitrogens with one attached hydrogen (secondary N) is 6. The molecule has 1 unspecified atom stereocenters. The fourth-order valence-electron chi connectivity index (χ4n) is 4.76. The van der Waals surface area contributed by atoms with E-state index in [1.165, 1.54) is 61.5 Å². The zero-order valence-electron chi connectivity index (χ0n) is 29.2. The molecule has 1 heterocycles. The minimum atomic E-state index is -4.27. The molecule has 19 nitrogen and oxygen atoms in total. The van der Waals surface area contributed by atoms with Gasteiger partial charge in [0.05, 0.1) is 34.6 Å². The number of benzene rings is 3. The number of esters is 1. The van der Waals surface area contributed by atoms with E-state index in [9.17, 15) is 42.0 Å². The summed E-state index contributed by atoms with van der Waals surface area (Å²) in [4.78, 5) is 92.1. The van der Waals surface area contributed by atoms with Crippen LogP contribution in [-0.4, -0.2) is 89.8 Å². The number of fused-ring (bicyclic) bond motifs is 1. The van der Waals surface area contributed by atoms with E-state index >= 15 is 0 Å². The van der Waals surface area contributed by atoms with E-state index in [0.717, 1.165) is 6.08 Å². The van der Waals surface area contributed by atoms with Gasteiger partial charge in [-0.2, -0.15) is 18.6 Å². The van der Waals surface area contributed by atoms with Crippen molar-refractivity contribution in [3.05, 3.63) is 100 Å². The van der Waals surface area contributed by atoms with Crippen LogP contribution in [0.5, 0.6) is 0 Å². The molecule has 288 valence electrons. The molecule has 4 aromatic rings. The fourth-order valence-corrected chi connectivity index (χ4v) is 5.24. The lowest BCUT2D eigenvalue weighted by atomic mass is 10.1. The number of ether oxygens (including phenoxy) is 1. The Bertz CT molecular complexity index is 2320. The van der Waals surface area contributed by atoms with Crippen molar-refractivity contribution in [3.8, 4) is 0 Å². The number of ketones is 1. The molecule has 3 aromatic carbocycles. The first-order valence-electron chi connectivity index (χ1n) is 16.4. The highest BCUT2D eigenvalue weighted by atomic mass is 32.2. The summed E-state index contributed by atoms with van der Waals surface area (Å²) in [5.74, 6) is -4.58. The molecular weight excluding hydrogens is 740 g/mol. The molecular formula is C35H36N8O11S. The van der Waals surface area contributed by atoms with Crippen LogP contribution in [0.2, 0.25) is 0 Å². The van der Waals surface area contributed by atoms with Gasteiger partial charge >= 0.3 is 11.7 Å². The van der Waals surface area contributed by atoms with Crippen molar-refractivity contribution in [1.82, 2.24) is 20.6 Å². The zero-order chi connectivity index (χ0) is 40.1. The van der Waals surface area contributed by atoms with Crippen LogP contribution in [0.3, 0.4) is 0 Å². The smallest absolute Gasteiger partial charge is 0.338 e. The number of H-pyrrole nitrogens is 2. The molecule has 1 aromatic heterocycles. The Labute approximate surface area is 312 Å². The molecule has 7 N–H and O–H groups in total. The molecule has 0 fully saturated rings. The average molecular weight is 777 g/mol. The summed E-state index contributed by atoms with van der Waals surface area (Å²) in [7, 11) is -4.27. The number of hydrogen-bond donors (Lipinski definition) is 7. The number of aromatic amines is 2. The number of azo groups is 1. The Hall–Kier alpha value is -6.80. The fraction of sp³-hybridized carbons (Fsp3) is 0.229. The molecule has 4 rings (SSSR count). The molecule has 0 aliphatic heterocycles. The van der Waals surface area contributed by atoms with Crippen LogP contribution < -0.4 is 27.0 Å². The highest BCUT2D eigenvalue weighted by Crippen LogP contribution is 2.20. The SMILES string of the molecule is C=CC(=O)NCCCNC(=O)c1cc(NC(=O)c2ccc(N=NC(C(C)=O)C(=O)Nc3ccc4[nH]c(=O)[nH]c4c3)cc2)cc(C(=O)OCCCS(=O)(=O)O)c1. The van der Waals surface area contributed by atoms with Crippen LogP contribution in [0.1, 0.15) is 50.8 Å². The normalized spacial score (nSPS) is 11.7. The molecule has 4 amide bonds. The predicted molar refractivity (Wildman–Crippen MR) is 199 cm³/mol. The molecule has 0 bridgehead atoms. The number of anilines is 2. The van der Waals surface area contributed by atoms with E-state index < -0.39 is 57.1 Å². The number of Topliss-reactive ketones (excluding diaryl/α,β-unsaturated/α-hetero) is 1. The first kappa shape index (κ1) is 41.0. The Morgan fingerprint density at radius 3 is 2.22 bits per heavy atom. The Balaban J connectivity index is 1.44. The lowest BCUT2D eigenvalue weighted by Gasteiger charge is -2.12. The third-order valence-electron chi connectivity index (χ3n) is 7.43. The van der Waals surface area contributed by atoms with Gasteiger partial charge in [0.2, 0.25) is 11.9 Å². The minimum absolute atomic E-state index is 0.0295. The monoisotopic (exact) mass is 776 g/mol. The number of carbonyl (C=O) groups is 6. The molecule has 55 heavy (non-hydrogen) atoms. The Morgan fingerprint density at radius 1 is 0.836 bits per heavy atom. The van der Waals surface area contributed by atoms with Crippen molar-refractivity contribution >= 4 is 73.6 Å². The van der Waals surface area contributed by atoms with Gasteiger partial charge in [-0.1, -0.05) is 6.58 Å². The van der Waals surface area contributed by atoms with Gasteiger partial charge in [-0.05, 0) is 86.5 Å². The number of aromatic nitrogens is 2. The molecule has 0 aliphatic carbocycles. The van der Waals surface area contributed by atoms with E-state index in [2.05, 4.69) is 48.0 Å². The van der Waals surface area contributed by atoms with Crippen LogP contribution in [0.4, 0.5) is 17.1 Å². The third-order valence-corrected chi connectivity index (χ3v) is 8.23. The standard InChI is InChI=1S/C35H36N8O11S/c1-3-29(45)36-12-4-13-37-31(46)22-16-23(34(49)54-14-5-15-55(51,52)53)18-26(17-22)39-32(47)21-6-8-24(9-7-21)42-43-30(20(2)44)33(48)38-25-10-11-27-28(19-25)41-35(50)40-27/h3,6-11,16-19,30H,1,4-5,12-15H2,2H3,(H,36,45)(H,37,46)(H,38,48)(H,39,47)(H2,40,41,50)(H,51,52,53). The van der Waals surface area contributed by atoms with Gasteiger partial charge < -0.3 is 36.0 Å². The van der Waals surface area contributed by atoms with Crippen molar-refractivity contribution in [3.63, 3.8) is 0 Å². The molecule has 0 saturated heterocycles. The minimum Gasteiger partial charge on any atom is -0.462 e. The van der Waals surface area contributed by atoms with Gasteiger partial charge in [0.25, 0.3) is 27.8 Å². The van der Waals surface area contributed by atoms with E-state index in [-0.39, 0.29) is 60.1 Å². The summed E-state index contributed by atoms with van der Waals surface area (Å²) in [5.41, 5.74) is 1.02. The number of carbonyl (C=O) groups excluding carboxylic acids is 6. The summed E-state index contributed by atoms with van der Waals surface area (Å²) in [5, 5.41) is 18.2. The average Bonchev–Trinajstić information content (AvgIpc) is 3.51. The quantitative estimate of drug-likeness (QED) is 0.0193.